The van der Waals surface area contributed by atoms with E-state index in [1.165, 1.54) is 11.3 Å². The van der Waals surface area contributed by atoms with Crippen LogP contribution in [0.15, 0.2) is 48.5 Å². The highest BCUT2D eigenvalue weighted by Crippen LogP contribution is 2.42. The van der Waals surface area contributed by atoms with Gasteiger partial charge in [-0.3, -0.25) is 4.79 Å². The molecule has 22 heavy (non-hydrogen) atoms. The highest BCUT2D eigenvalue weighted by atomic mass is 16.2. The van der Waals surface area contributed by atoms with Gasteiger partial charge < -0.3 is 9.80 Å². The van der Waals surface area contributed by atoms with Crippen molar-refractivity contribution < 1.29 is 4.79 Å². The average Bonchev–Trinajstić information content (AvgIpc) is 2.70. The van der Waals surface area contributed by atoms with Gasteiger partial charge in [-0.25, -0.2) is 0 Å². The van der Waals surface area contributed by atoms with Crippen LogP contribution in [-0.2, 0) is 16.6 Å². The Morgan fingerprint density at radius 3 is 2.32 bits per heavy atom. The Morgan fingerprint density at radius 1 is 1.05 bits per heavy atom. The number of likely N-dealkylation sites (N-methyl/N-ethyl adjacent to an activating group) is 1. The summed E-state index contributed by atoms with van der Waals surface area (Å²) in [5.74, 6) is 0.172. The number of benzene rings is 2. The molecule has 1 heterocycles. The Balaban J connectivity index is 1.95. The lowest BCUT2D eigenvalue weighted by Crippen LogP contribution is -2.37. The highest BCUT2D eigenvalue weighted by Gasteiger charge is 2.45. The molecule has 0 bridgehead atoms. The molecular weight excluding hydrogens is 272 g/mol. The van der Waals surface area contributed by atoms with Crippen molar-refractivity contribution in [1.82, 2.24) is 0 Å². The molecule has 0 unspecified atom stereocenters. The molecule has 1 aliphatic rings. The number of fused-ring (bicyclic) bond motifs is 1. The largest absolute Gasteiger partial charge is 0.378 e. The molecule has 0 aromatic heterocycles. The van der Waals surface area contributed by atoms with E-state index in [1.54, 1.807) is 4.90 Å². The van der Waals surface area contributed by atoms with E-state index in [2.05, 4.69) is 42.2 Å². The lowest BCUT2D eigenvalue weighted by Gasteiger charge is -2.24. The number of anilines is 2. The summed E-state index contributed by atoms with van der Waals surface area (Å²) in [4.78, 5) is 16.6. The van der Waals surface area contributed by atoms with Crippen LogP contribution in [0.2, 0.25) is 0 Å². The molecule has 0 saturated heterocycles. The zero-order chi connectivity index (χ0) is 15.9. The van der Waals surface area contributed by atoms with Crippen LogP contribution >= 0.6 is 0 Å². The van der Waals surface area contributed by atoms with E-state index in [0.717, 1.165) is 17.7 Å². The Kier molecular flexibility index (Phi) is 3.44. The van der Waals surface area contributed by atoms with Crippen LogP contribution in [0.4, 0.5) is 11.4 Å². The third kappa shape index (κ3) is 2.17. The van der Waals surface area contributed by atoms with Gasteiger partial charge in [0, 0.05) is 32.5 Å². The van der Waals surface area contributed by atoms with E-state index in [9.17, 15) is 4.79 Å². The summed E-state index contributed by atoms with van der Waals surface area (Å²) in [6, 6.07) is 16.5. The number of amides is 1. The molecule has 114 valence electrons. The minimum Gasteiger partial charge on any atom is -0.378 e. The summed E-state index contributed by atoms with van der Waals surface area (Å²) in [6.07, 6.45) is 0.723. The number of hydrogen-bond donors (Lipinski definition) is 0. The summed E-state index contributed by atoms with van der Waals surface area (Å²) in [7, 11) is 5.92. The smallest absolute Gasteiger partial charge is 0.237 e. The molecule has 3 heteroatoms. The molecule has 2 aromatic carbocycles. The predicted molar refractivity (Wildman–Crippen MR) is 91.7 cm³/mol. The Labute approximate surface area is 132 Å². The maximum absolute atomic E-state index is 12.8. The van der Waals surface area contributed by atoms with E-state index in [0.29, 0.717) is 0 Å². The molecule has 2 aromatic rings. The molecule has 0 spiro atoms. The third-order valence-corrected chi connectivity index (χ3v) is 4.65. The van der Waals surface area contributed by atoms with Crippen molar-refractivity contribution in [3.05, 3.63) is 59.7 Å². The lowest BCUT2D eigenvalue weighted by atomic mass is 9.78. The fourth-order valence-electron chi connectivity index (χ4n) is 3.32. The SMILES string of the molecule is CN(C)c1ccc(C[C@@]2(C)C(=O)N(C)c3ccccc32)cc1. The van der Waals surface area contributed by atoms with Crippen LogP contribution in [0.3, 0.4) is 0 Å². The zero-order valence-electron chi connectivity index (χ0n) is 13.6. The van der Waals surface area contributed by atoms with Gasteiger partial charge in [0.1, 0.15) is 0 Å². The van der Waals surface area contributed by atoms with Gasteiger partial charge in [-0.1, -0.05) is 30.3 Å². The second-order valence-corrected chi connectivity index (χ2v) is 6.45. The number of hydrogen-bond acceptors (Lipinski definition) is 2. The number of rotatable bonds is 3. The molecule has 0 fully saturated rings. The maximum Gasteiger partial charge on any atom is 0.237 e. The number of nitrogens with zero attached hydrogens (tertiary/aromatic N) is 2. The molecular formula is C19H22N2O. The second kappa shape index (κ2) is 5.16. The Morgan fingerprint density at radius 2 is 1.68 bits per heavy atom. The fourth-order valence-corrected chi connectivity index (χ4v) is 3.32. The monoisotopic (exact) mass is 294 g/mol. The van der Waals surface area contributed by atoms with Gasteiger partial charge in [0.2, 0.25) is 5.91 Å². The van der Waals surface area contributed by atoms with Crippen molar-refractivity contribution in [1.29, 1.82) is 0 Å². The fraction of sp³-hybridized carbons (Fsp3) is 0.316. The molecule has 1 aliphatic heterocycles. The van der Waals surface area contributed by atoms with Crippen molar-refractivity contribution in [3.8, 4) is 0 Å². The summed E-state index contributed by atoms with van der Waals surface area (Å²) < 4.78 is 0. The van der Waals surface area contributed by atoms with Crippen LogP contribution < -0.4 is 9.80 Å². The highest BCUT2D eigenvalue weighted by molar-refractivity contribution is 6.07. The molecule has 1 atom stereocenters. The standard InChI is InChI=1S/C19H22N2O/c1-19(13-14-9-11-15(12-10-14)20(2)3)16-7-5-6-8-17(16)21(4)18(19)22/h5-12H,13H2,1-4H3/t19-/m1/s1. The van der Waals surface area contributed by atoms with Gasteiger partial charge in [-0.15, -0.1) is 0 Å². The molecule has 3 nitrogen and oxygen atoms in total. The normalized spacial score (nSPS) is 20.2. The molecule has 0 aliphatic carbocycles. The van der Waals surface area contributed by atoms with Crippen molar-refractivity contribution in [2.75, 3.05) is 30.9 Å². The van der Waals surface area contributed by atoms with Gasteiger partial charge in [0.05, 0.1) is 5.41 Å². The van der Waals surface area contributed by atoms with Gasteiger partial charge >= 0.3 is 0 Å². The van der Waals surface area contributed by atoms with Crippen molar-refractivity contribution in [3.63, 3.8) is 0 Å². The zero-order valence-corrected chi connectivity index (χ0v) is 13.6. The molecule has 3 rings (SSSR count). The molecule has 0 N–H and O–H groups in total. The first kappa shape index (κ1) is 14.6. The Hall–Kier alpha value is -2.29. The van der Waals surface area contributed by atoms with E-state index in [-0.39, 0.29) is 5.91 Å². The van der Waals surface area contributed by atoms with E-state index in [1.807, 2.05) is 39.3 Å². The topological polar surface area (TPSA) is 23.6 Å². The van der Waals surface area contributed by atoms with Gasteiger partial charge in [-0.2, -0.15) is 0 Å². The summed E-state index contributed by atoms with van der Waals surface area (Å²) in [5.41, 5.74) is 4.03. The first-order chi connectivity index (χ1) is 10.4. The molecule has 1 amide bonds. The first-order valence-corrected chi connectivity index (χ1v) is 7.57. The predicted octanol–water partition coefficient (Wildman–Crippen LogP) is 3.23. The minimum absolute atomic E-state index is 0.172. The maximum atomic E-state index is 12.8. The number of carbonyl (C=O) groups excluding carboxylic acids is 1. The minimum atomic E-state index is -0.481. The number of carbonyl (C=O) groups is 1. The average molecular weight is 294 g/mol. The van der Waals surface area contributed by atoms with Crippen LogP contribution in [0.5, 0.6) is 0 Å². The summed E-state index contributed by atoms with van der Waals surface area (Å²) >= 11 is 0. The van der Waals surface area contributed by atoms with Crippen LogP contribution in [0, 0.1) is 0 Å². The third-order valence-electron chi connectivity index (χ3n) is 4.65. The van der Waals surface area contributed by atoms with Gasteiger partial charge in [0.15, 0.2) is 0 Å². The van der Waals surface area contributed by atoms with Crippen molar-refractivity contribution in [2.24, 2.45) is 0 Å². The van der Waals surface area contributed by atoms with Crippen LogP contribution in [0.25, 0.3) is 0 Å². The molecule has 0 saturated carbocycles. The van der Waals surface area contributed by atoms with E-state index in [4.69, 9.17) is 0 Å². The molecule has 0 radical (unpaired) electrons. The van der Waals surface area contributed by atoms with E-state index >= 15 is 0 Å². The second-order valence-electron chi connectivity index (χ2n) is 6.45. The summed E-state index contributed by atoms with van der Waals surface area (Å²) in [5, 5.41) is 0. The van der Waals surface area contributed by atoms with E-state index < -0.39 is 5.41 Å². The number of para-hydroxylation sites is 1. The van der Waals surface area contributed by atoms with Gasteiger partial charge in [-0.05, 0) is 42.7 Å². The van der Waals surface area contributed by atoms with Crippen molar-refractivity contribution >= 4 is 17.3 Å². The van der Waals surface area contributed by atoms with Crippen molar-refractivity contribution in [2.45, 2.75) is 18.8 Å². The summed E-state index contributed by atoms with van der Waals surface area (Å²) in [6.45, 7) is 2.05. The first-order valence-electron chi connectivity index (χ1n) is 7.57. The van der Waals surface area contributed by atoms with Gasteiger partial charge in [0.25, 0.3) is 0 Å². The lowest BCUT2D eigenvalue weighted by molar-refractivity contribution is -0.122. The Bertz CT molecular complexity index is 706. The quantitative estimate of drug-likeness (QED) is 0.867. The van der Waals surface area contributed by atoms with Crippen LogP contribution in [-0.4, -0.2) is 27.1 Å². The van der Waals surface area contributed by atoms with Crippen LogP contribution in [0.1, 0.15) is 18.1 Å².